The van der Waals surface area contributed by atoms with Crippen molar-refractivity contribution in [3.63, 3.8) is 0 Å². The predicted molar refractivity (Wildman–Crippen MR) is 50.1 cm³/mol. The first-order valence-electron chi connectivity index (χ1n) is 5.07. The van der Waals surface area contributed by atoms with Crippen LogP contribution in [0.2, 0.25) is 0 Å². The Bertz CT molecular complexity index is 197. The van der Waals surface area contributed by atoms with E-state index in [0.717, 1.165) is 0 Å². The molecule has 0 amide bonds. The third kappa shape index (κ3) is 0.953. The summed E-state index contributed by atoms with van der Waals surface area (Å²) in [6, 6.07) is 0. The minimum absolute atomic E-state index is 0.0955. The van der Waals surface area contributed by atoms with Gasteiger partial charge in [-0.05, 0) is 51.9 Å². The average molecular weight is 168 g/mol. The van der Waals surface area contributed by atoms with E-state index in [1.54, 1.807) is 0 Å². The van der Waals surface area contributed by atoms with Gasteiger partial charge in [-0.1, -0.05) is 6.92 Å². The zero-order valence-corrected chi connectivity index (χ0v) is 8.74. The topological polar surface area (TPSA) is 9.23 Å². The van der Waals surface area contributed by atoms with Crippen molar-refractivity contribution < 1.29 is 4.74 Å². The monoisotopic (exact) mass is 168 g/mol. The summed E-state index contributed by atoms with van der Waals surface area (Å²) in [4.78, 5) is 0. The minimum atomic E-state index is 0.0955. The lowest BCUT2D eigenvalue weighted by Crippen LogP contribution is -2.59. The Morgan fingerprint density at radius 3 is 1.67 bits per heavy atom. The van der Waals surface area contributed by atoms with Crippen LogP contribution in [0.3, 0.4) is 0 Å². The van der Waals surface area contributed by atoms with Crippen LogP contribution in [0.5, 0.6) is 0 Å². The molecule has 0 aromatic carbocycles. The van der Waals surface area contributed by atoms with Gasteiger partial charge in [0.15, 0.2) is 0 Å². The van der Waals surface area contributed by atoms with Gasteiger partial charge in [0.05, 0.1) is 11.2 Å². The molecule has 0 N–H and O–H groups in total. The largest absolute Gasteiger partial charge is 0.369 e. The van der Waals surface area contributed by atoms with Crippen LogP contribution in [0.4, 0.5) is 0 Å². The zero-order chi connectivity index (χ0) is 9.04. The van der Waals surface area contributed by atoms with Crippen LogP contribution in [0.15, 0.2) is 0 Å². The Labute approximate surface area is 75.5 Å². The van der Waals surface area contributed by atoms with E-state index in [2.05, 4.69) is 27.7 Å². The van der Waals surface area contributed by atoms with Crippen LogP contribution < -0.4 is 0 Å². The van der Waals surface area contributed by atoms with Gasteiger partial charge in [-0.25, -0.2) is 0 Å². The van der Waals surface area contributed by atoms with Crippen molar-refractivity contribution in [1.82, 2.24) is 0 Å². The fourth-order valence-electron chi connectivity index (χ4n) is 2.77. The lowest BCUT2D eigenvalue weighted by molar-refractivity contribution is -0.265. The summed E-state index contributed by atoms with van der Waals surface area (Å²) in [5, 5.41) is 0. The van der Waals surface area contributed by atoms with Crippen molar-refractivity contribution >= 4 is 0 Å². The van der Waals surface area contributed by atoms with Gasteiger partial charge < -0.3 is 4.74 Å². The summed E-state index contributed by atoms with van der Waals surface area (Å²) in [5.41, 5.74) is 0.726. The third-order valence-corrected chi connectivity index (χ3v) is 4.37. The molecule has 1 aliphatic carbocycles. The molecule has 1 heteroatoms. The molecule has 0 aromatic rings. The fraction of sp³-hybridized carbons (Fsp3) is 1.00. The SMILES string of the molecule is CC12CCC(C)(CC1)C(C)(C)O2. The second-order valence-electron chi connectivity index (χ2n) is 5.62. The molecule has 2 aliphatic heterocycles. The first kappa shape index (κ1) is 8.55. The number of hydrogen-bond acceptors (Lipinski definition) is 1. The Morgan fingerprint density at radius 1 is 0.833 bits per heavy atom. The van der Waals surface area contributed by atoms with Gasteiger partial charge in [0, 0.05) is 0 Å². The Hall–Kier alpha value is -0.0400. The highest BCUT2D eigenvalue weighted by Crippen LogP contribution is 2.56. The molecule has 3 fully saturated rings. The van der Waals surface area contributed by atoms with Gasteiger partial charge in [-0.3, -0.25) is 0 Å². The Kier molecular flexibility index (Phi) is 1.47. The van der Waals surface area contributed by atoms with Crippen LogP contribution >= 0.6 is 0 Å². The van der Waals surface area contributed by atoms with E-state index in [0.29, 0.717) is 5.41 Å². The maximum atomic E-state index is 6.16. The summed E-state index contributed by atoms with van der Waals surface area (Å²) in [6.07, 6.45) is 5.20. The molecule has 3 aliphatic rings. The lowest BCUT2D eigenvalue weighted by Gasteiger charge is -2.60. The normalized spacial score (nSPS) is 51.0. The Morgan fingerprint density at radius 2 is 1.33 bits per heavy atom. The minimum Gasteiger partial charge on any atom is -0.369 e. The molecule has 0 spiro atoms. The molecule has 1 nitrogen and oxygen atoms in total. The van der Waals surface area contributed by atoms with E-state index in [4.69, 9.17) is 4.74 Å². The van der Waals surface area contributed by atoms with Crippen LogP contribution in [0.25, 0.3) is 0 Å². The number of hydrogen-bond donors (Lipinski definition) is 0. The average Bonchev–Trinajstić information content (AvgIpc) is 1.92. The van der Waals surface area contributed by atoms with E-state index in [9.17, 15) is 0 Å². The molecule has 2 heterocycles. The summed E-state index contributed by atoms with van der Waals surface area (Å²) in [5.74, 6) is 0. The first-order chi connectivity index (χ1) is 5.37. The van der Waals surface area contributed by atoms with Crippen LogP contribution in [-0.2, 0) is 4.74 Å². The van der Waals surface area contributed by atoms with Gasteiger partial charge in [-0.15, -0.1) is 0 Å². The summed E-state index contributed by atoms with van der Waals surface area (Å²) >= 11 is 0. The molecule has 0 unspecified atom stereocenters. The van der Waals surface area contributed by atoms with Gasteiger partial charge in [-0.2, -0.15) is 0 Å². The summed E-state index contributed by atoms with van der Waals surface area (Å²) in [7, 11) is 0. The molecule has 3 rings (SSSR count). The highest BCUT2D eigenvalue weighted by atomic mass is 16.5. The number of ether oxygens (including phenoxy) is 1. The second-order valence-corrected chi connectivity index (χ2v) is 5.62. The van der Waals surface area contributed by atoms with Gasteiger partial charge in [0.2, 0.25) is 0 Å². The number of rotatable bonds is 0. The van der Waals surface area contributed by atoms with Gasteiger partial charge in [0.25, 0.3) is 0 Å². The molecule has 1 saturated carbocycles. The standard InChI is InChI=1S/C11H20O/c1-9(2)10(3)5-7-11(4,12-9)8-6-10/h5-8H2,1-4H3. The molecular weight excluding hydrogens is 148 g/mol. The van der Waals surface area contributed by atoms with E-state index in [1.807, 2.05) is 0 Å². The highest BCUT2D eigenvalue weighted by Gasteiger charge is 2.55. The van der Waals surface area contributed by atoms with Crippen LogP contribution in [-0.4, -0.2) is 11.2 Å². The quantitative estimate of drug-likeness (QED) is 0.540. The molecule has 0 radical (unpaired) electrons. The van der Waals surface area contributed by atoms with E-state index in [-0.39, 0.29) is 11.2 Å². The molecule has 70 valence electrons. The fourth-order valence-corrected chi connectivity index (χ4v) is 2.77. The lowest BCUT2D eigenvalue weighted by atomic mass is 9.59. The van der Waals surface area contributed by atoms with Gasteiger partial charge >= 0.3 is 0 Å². The molecule has 12 heavy (non-hydrogen) atoms. The van der Waals surface area contributed by atoms with Crippen molar-refractivity contribution in [2.75, 3.05) is 0 Å². The maximum absolute atomic E-state index is 6.16. The number of fused-ring (bicyclic) bond motifs is 3. The molecular formula is C11H20O. The van der Waals surface area contributed by atoms with Gasteiger partial charge in [0.1, 0.15) is 0 Å². The molecule has 2 saturated heterocycles. The summed E-state index contributed by atoms with van der Waals surface area (Å²) < 4.78 is 6.16. The van der Waals surface area contributed by atoms with Crippen LogP contribution in [0.1, 0.15) is 53.4 Å². The van der Waals surface area contributed by atoms with Crippen molar-refractivity contribution in [2.24, 2.45) is 5.41 Å². The molecule has 2 bridgehead atoms. The maximum Gasteiger partial charge on any atom is 0.0687 e. The van der Waals surface area contributed by atoms with E-state index < -0.39 is 0 Å². The zero-order valence-electron chi connectivity index (χ0n) is 8.74. The van der Waals surface area contributed by atoms with E-state index in [1.165, 1.54) is 25.7 Å². The van der Waals surface area contributed by atoms with Crippen molar-refractivity contribution in [1.29, 1.82) is 0 Å². The molecule has 0 atom stereocenters. The van der Waals surface area contributed by atoms with Crippen molar-refractivity contribution in [3.8, 4) is 0 Å². The van der Waals surface area contributed by atoms with E-state index >= 15 is 0 Å². The smallest absolute Gasteiger partial charge is 0.0687 e. The Balaban J connectivity index is 2.32. The van der Waals surface area contributed by atoms with Crippen molar-refractivity contribution in [3.05, 3.63) is 0 Å². The first-order valence-corrected chi connectivity index (χ1v) is 5.07. The third-order valence-electron chi connectivity index (χ3n) is 4.37. The summed E-state index contributed by atoms with van der Waals surface area (Å²) in [6.45, 7) is 9.16. The van der Waals surface area contributed by atoms with Crippen molar-refractivity contribution in [2.45, 2.75) is 64.6 Å². The van der Waals surface area contributed by atoms with Crippen LogP contribution in [0, 0.1) is 5.41 Å². The molecule has 0 aromatic heterocycles. The highest BCUT2D eigenvalue weighted by molar-refractivity contribution is 5.04. The second kappa shape index (κ2) is 2.06. The predicted octanol–water partition coefficient (Wildman–Crippen LogP) is 3.13.